The van der Waals surface area contributed by atoms with Crippen LogP contribution in [0.5, 0.6) is 0 Å². The zero-order valence-electron chi connectivity index (χ0n) is 9.10. The van der Waals surface area contributed by atoms with E-state index in [0.29, 0.717) is 17.8 Å². The Morgan fingerprint density at radius 1 is 1.44 bits per heavy atom. The Morgan fingerprint density at radius 2 is 2.11 bits per heavy atom. The zero-order valence-corrected chi connectivity index (χ0v) is 11.5. The van der Waals surface area contributed by atoms with E-state index in [2.05, 4.69) is 20.7 Å². The Hall–Kier alpha value is -1.06. The lowest BCUT2D eigenvalue weighted by atomic mass is 10.3. The average Bonchev–Trinajstić information content (AvgIpc) is 2.29. The summed E-state index contributed by atoms with van der Waals surface area (Å²) < 4.78 is 39.0. The lowest BCUT2D eigenvalue weighted by Gasteiger charge is -2.06. The van der Waals surface area contributed by atoms with Gasteiger partial charge in [0.1, 0.15) is 10.7 Å². The fourth-order valence-corrected chi connectivity index (χ4v) is 2.61. The zero-order chi connectivity index (χ0) is 13.8. The number of halogens is 2. The second-order valence-corrected chi connectivity index (χ2v) is 5.84. The molecule has 0 atom stereocenters. The molecule has 0 spiro atoms. The Labute approximate surface area is 112 Å². The highest BCUT2D eigenvalue weighted by atomic mass is 79.9. The van der Waals surface area contributed by atoms with Gasteiger partial charge in [0, 0.05) is 24.0 Å². The summed E-state index contributed by atoms with van der Waals surface area (Å²) in [5, 5.41) is 11.1. The predicted octanol–water partition coefficient (Wildman–Crippen LogP) is 1.80. The van der Waals surface area contributed by atoms with Crippen LogP contribution in [-0.2, 0) is 10.0 Å². The van der Waals surface area contributed by atoms with Crippen LogP contribution in [0.4, 0.5) is 10.1 Å². The molecule has 0 heterocycles. The fourth-order valence-electron chi connectivity index (χ4n) is 1.16. The number of benzene rings is 1. The number of hydrogen-bond acceptors (Lipinski definition) is 4. The van der Waals surface area contributed by atoms with Crippen molar-refractivity contribution in [3.8, 4) is 0 Å². The van der Waals surface area contributed by atoms with Gasteiger partial charge in [-0.2, -0.15) is 0 Å². The number of non-ortho nitro benzene ring substituents is 1. The molecule has 0 bridgehead atoms. The van der Waals surface area contributed by atoms with Crippen LogP contribution in [-0.4, -0.2) is 25.2 Å². The van der Waals surface area contributed by atoms with Crippen LogP contribution in [0.1, 0.15) is 6.42 Å². The van der Waals surface area contributed by atoms with Crippen molar-refractivity contribution >= 4 is 31.6 Å². The topological polar surface area (TPSA) is 89.3 Å². The maximum Gasteiger partial charge on any atom is 0.270 e. The van der Waals surface area contributed by atoms with Gasteiger partial charge in [0.25, 0.3) is 5.69 Å². The van der Waals surface area contributed by atoms with E-state index in [1.807, 2.05) is 0 Å². The molecule has 6 nitrogen and oxygen atoms in total. The molecule has 0 fully saturated rings. The third kappa shape index (κ3) is 3.72. The van der Waals surface area contributed by atoms with Crippen molar-refractivity contribution in [3.05, 3.63) is 34.1 Å². The molecular weight excluding hydrogens is 331 g/mol. The van der Waals surface area contributed by atoms with Gasteiger partial charge in [-0.1, -0.05) is 15.9 Å². The van der Waals surface area contributed by atoms with E-state index in [0.717, 1.165) is 12.1 Å². The Morgan fingerprint density at radius 3 is 2.67 bits per heavy atom. The van der Waals surface area contributed by atoms with Gasteiger partial charge in [0.05, 0.1) is 4.92 Å². The molecule has 0 saturated heterocycles. The van der Waals surface area contributed by atoms with Gasteiger partial charge in [-0.3, -0.25) is 10.1 Å². The number of nitrogens with zero attached hydrogens (tertiary/aromatic N) is 1. The second-order valence-electron chi connectivity index (χ2n) is 3.31. The predicted molar refractivity (Wildman–Crippen MR) is 66.7 cm³/mol. The standard InChI is InChI=1S/C9H10BrFN2O4S/c10-4-1-5-12-18(16,17)9-6-7(13(14)15)2-3-8(9)11/h2-3,6,12H,1,4-5H2. The van der Waals surface area contributed by atoms with Crippen LogP contribution >= 0.6 is 15.9 Å². The van der Waals surface area contributed by atoms with Crippen LogP contribution in [0.2, 0.25) is 0 Å². The molecule has 0 saturated carbocycles. The summed E-state index contributed by atoms with van der Waals surface area (Å²) in [4.78, 5) is 9.02. The largest absolute Gasteiger partial charge is 0.270 e. The number of nitro benzene ring substituents is 1. The summed E-state index contributed by atoms with van der Waals surface area (Å²) in [6, 6.07) is 2.37. The minimum atomic E-state index is -4.07. The highest BCUT2D eigenvalue weighted by molar-refractivity contribution is 9.09. The van der Waals surface area contributed by atoms with Gasteiger partial charge in [0.2, 0.25) is 10.0 Å². The first-order valence-electron chi connectivity index (χ1n) is 4.88. The molecule has 0 aliphatic heterocycles. The summed E-state index contributed by atoms with van der Waals surface area (Å²) in [5.41, 5.74) is -0.475. The van der Waals surface area contributed by atoms with Crippen LogP contribution < -0.4 is 4.72 Å². The quantitative estimate of drug-likeness (QED) is 0.370. The first-order chi connectivity index (χ1) is 8.38. The van der Waals surface area contributed by atoms with E-state index >= 15 is 0 Å². The van der Waals surface area contributed by atoms with Crippen LogP contribution in [0.3, 0.4) is 0 Å². The Balaban J connectivity index is 3.07. The van der Waals surface area contributed by atoms with Crippen LogP contribution in [0.15, 0.2) is 23.1 Å². The van der Waals surface area contributed by atoms with Crippen molar-refractivity contribution in [2.24, 2.45) is 0 Å². The number of nitro groups is 1. The average molecular weight is 341 g/mol. The number of hydrogen-bond donors (Lipinski definition) is 1. The smallest absolute Gasteiger partial charge is 0.258 e. The molecule has 0 aliphatic rings. The summed E-state index contributed by atoms with van der Waals surface area (Å²) >= 11 is 3.12. The lowest BCUT2D eigenvalue weighted by Crippen LogP contribution is -2.26. The molecule has 1 rings (SSSR count). The third-order valence-electron chi connectivity index (χ3n) is 2.02. The molecule has 100 valence electrons. The molecule has 9 heteroatoms. The molecule has 0 unspecified atom stereocenters. The molecule has 1 aromatic carbocycles. The van der Waals surface area contributed by atoms with E-state index in [1.165, 1.54) is 0 Å². The molecule has 1 aromatic rings. The maximum atomic E-state index is 13.4. The summed E-state index contributed by atoms with van der Waals surface area (Å²) in [6.07, 6.45) is 0.524. The molecule has 0 amide bonds. The lowest BCUT2D eigenvalue weighted by molar-refractivity contribution is -0.385. The van der Waals surface area contributed by atoms with Gasteiger partial charge in [-0.25, -0.2) is 17.5 Å². The molecule has 1 N–H and O–H groups in total. The summed E-state index contributed by atoms with van der Waals surface area (Å²) in [6.45, 7) is 0.121. The van der Waals surface area contributed by atoms with Gasteiger partial charge >= 0.3 is 0 Å². The molecule has 0 aliphatic carbocycles. The van der Waals surface area contributed by atoms with Crippen molar-refractivity contribution in [2.75, 3.05) is 11.9 Å². The molecule has 0 radical (unpaired) electrons. The SMILES string of the molecule is O=[N+]([O-])c1ccc(F)c(S(=O)(=O)NCCCBr)c1. The number of rotatable bonds is 6. The highest BCUT2D eigenvalue weighted by Crippen LogP contribution is 2.20. The maximum absolute atomic E-state index is 13.4. The Kier molecular flexibility index (Phi) is 5.17. The number of nitrogens with one attached hydrogen (secondary N) is 1. The van der Waals surface area contributed by atoms with E-state index in [4.69, 9.17) is 0 Å². The third-order valence-corrected chi connectivity index (χ3v) is 4.05. The van der Waals surface area contributed by atoms with Crippen molar-refractivity contribution in [1.82, 2.24) is 4.72 Å². The van der Waals surface area contributed by atoms with Crippen molar-refractivity contribution in [1.29, 1.82) is 0 Å². The minimum Gasteiger partial charge on any atom is -0.258 e. The van der Waals surface area contributed by atoms with E-state index in [9.17, 15) is 22.9 Å². The summed E-state index contributed by atoms with van der Waals surface area (Å²) in [5.74, 6) is -1.02. The van der Waals surface area contributed by atoms with E-state index in [-0.39, 0.29) is 6.54 Å². The first kappa shape index (κ1) is 15.0. The van der Waals surface area contributed by atoms with Crippen LogP contribution in [0.25, 0.3) is 0 Å². The van der Waals surface area contributed by atoms with Crippen molar-refractivity contribution in [3.63, 3.8) is 0 Å². The van der Waals surface area contributed by atoms with E-state index < -0.39 is 31.3 Å². The van der Waals surface area contributed by atoms with Crippen LogP contribution in [0, 0.1) is 15.9 Å². The Bertz CT molecular complexity index is 549. The minimum absolute atomic E-state index is 0.121. The normalized spacial score (nSPS) is 11.4. The van der Waals surface area contributed by atoms with Crippen molar-refractivity contribution < 1.29 is 17.7 Å². The molecule has 18 heavy (non-hydrogen) atoms. The van der Waals surface area contributed by atoms with E-state index in [1.54, 1.807) is 0 Å². The number of sulfonamides is 1. The van der Waals surface area contributed by atoms with Gasteiger partial charge in [0.15, 0.2) is 0 Å². The fraction of sp³-hybridized carbons (Fsp3) is 0.333. The number of alkyl halides is 1. The summed E-state index contributed by atoms with van der Waals surface area (Å²) in [7, 11) is -4.07. The molecule has 0 aromatic heterocycles. The van der Waals surface area contributed by atoms with Crippen molar-refractivity contribution in [2.45, 2.75) is 11.3 Å². The van der Waals surface area contributed by atoms with Gasteiger partial charge in [-0.15, -0.1) is 0 Å². The monoisotopic (exact) mass is 340 g/mol. The molecular formula is C9H10BrFN2O4S. The first-order valence-corrected chi connectivity index (χ1v) is 7.48. The second kappa shape index (κ2) is 6.21. The highest BCUT2D eigenvalue weighted by Gasteiger charge is 2.21. The van der Waals surface area contributed by atoms with Gasteiger partial charge < -0.3 is 0 Å². The van der Waals surface area contributed by atoms with Gasteiger partial charge in [-0.05, 0) is 12.5 Å².